The molecular weight excluding hydrogens is 316 g/mol. The van der Waals surface area contributed by atoms with Gasteiger partial charge < -0.3 is 19.8 Å². The summed E-state index contributed by atoms with van der Waals surface area (Å²) in [6.07, 6.45) is 0.501. The summed E-state index contributed by atoms with van der Waals surface area (Å²) in [5.41, 5.74) is 2.95. The minimum Gasteiger partial charge on any atom is -0.497 e. The summed E-state index contributed by atoms with van der Waals surface area (Å²) >= 11 is 0. The van der Waals surface area contributed by atoms with Crippen LogP contribution in [-0.4, -0.2) is 19.6 Å². The van der Waals surface area contributed by atoms with E-state index in [9.17, 15) is 4.79 Å². The highest BCUT2D eigenvalue weighted by atomic mass is 16.5. The molecule has 2 aromatic carbocycles. The number of carbonyl (C=O) groups excluding carboxylic acids is 1. The number of anilines is 1. The molecular formula is C20H20N2O3. The van der Waals surface area contributed by atoms with E-state index in [1.165, 1.54) is 5.56 Å². The van der Waals surface area contributed by atoms with Gasteiger partial charge >= 0.3 is 0 Å². The third-order valence-electron chi connectivity index (χ3n) is 4.57. The summed E-state index contributed by atoms with van der Waals surface area (Å²) in [6.45, 7) is 1.35. The number of hydrogen-bond acceptors (Lipinski definition) is 4. The van der Waals surface area contributed by atoms with Crippen molar-refractivity contribution in [3.05, 3.63) is 59.9 Å². The van der Waals surface area contributed by atoms with Gasteiger partial charge in [-0.2, -0.15) is 0 Å². The summed E-state index contributed by atoms with van der Waals surface area (Å²) in [4.78, 5) is 11.9. The van der Waals surface area contributed by atoms with Gasteiger partial charge in [-0.25, -0.2) is 0 Å². The number of ether oxygens (including phenoxy) is 1. The molecule has 1 amide bonds. The molecule has 0 saturated heterocycles. The number of para-hydroxylation sites is 1. The van der Waals surface area contributed by atoms with Crippen molar-refractivity contribution in [1.29, 1.82) is 0 Å². The van der Waals surface area contributed by atoms with Crippen LogP contribution in [0.15, 0.2) is 52.9 Å². The molecule has 1 aliphatic heterocycles. The molecule has 25 heavy (non-hydrogen) atoms. The second-order valence-corrected chi connectivity index (χ2v) is 6.28. The van der Waals surface area contributed by atoms with Gasteiger partial charge in [0.1, 0.15) is 17.1 Å². The van der Waals surface area contributed by atoms with Crippen molar-refractivity contribution in [3.63, 3.8) is 0 Å². The highest BCUT2D eigenvalue weighted by Gasteiger charge is 2.24. The maximum absolute atomic E-state index is 11.9. The molecule has 1 atom stereocenters. The van der Waals surface area contributed by atoms with Crippen molar-refractivity contribution in [1.82, 2.24) is 5.32 Å². The summed E-state index contributed by atoms with van der Waals surface area (Å²) in [7, 11) is 1.65. The van der Waals surface area contributed by atoms with Crippen LogP contribution in [0.4, 0.5) is 5.69 Å². The van der Waals surface area contributed by atoms with Crippen LogP contribution in [0, 0.1) is 0 Å². The smallest absolute Gasteiger partial charge is 0.225 e. The van der Waals surface area contributed by atoms with Crippen LogP contribution in [0.5, 0.6) is 5.75 Å². The molecule has 128 valence electrons. The number of fused-ring (bicyclic) bond motifs is 2. The number of nitrogens with one attached hydrogen (secondary N) is 2. The Kier molecular flexibility index (Phi) is 4.15. The molecule has 0 spiro atoms. The lowest BCUT2D eigenvalue weighted by Crippen LogP contribution is -2.29. The fourth-order valence-electron chi connectivity index (χ4n) is 3.34. The van der Waals surface area contributed by atoms with E-state index in [1.54, 1.807) is 7.11 Å². The highest BCUT2D eigenvalue weighted by molar-refractivity contribution is 5.94. The van der Waals surface area contributed by atoms with E-state index in [2.05, 4.69) is 16.7 Å². The third-order valence-corrected chi connectivity index (χ3v) is 4.57. The zero-order chi connectivity index (χ0) is 17.2. The number of benzene rings is 2. The van der Waals surface area contributed by atoms with E-state index in [4.69, 9.17) is 9.15 Å². The van der Waals surface area contributed by atoms with Crippen molar-refractivity contribution < 1.29 is 13.9 Å². The van der Waals surface area contributed by atoms with Crippen LogP contribution >= 0.6 is 0 Å². The number of carbonyl (C=O) groups is 1. The Labute approximate surface area is 146 Å². The summed E-state index contributed by atoms with van der Waals surface area (Å²) < 4.78 is 11.1. The van der Waals surface area contributed by atoms with Crippen LogP contribution in [-0.2, 0) is 11.3 Å². The van der Waals surface area contributed by atoms with E-state index in [1.807, 2.05) is 42.5 Å². The van der Waals surface area contributed by atoms with Crippen molar-refractivity contribution in [2.45, 2.75) is 18.9 Å². The first-order chi connectivity index (χ1) is 12.2. The predicted octanol–water partition coefficient (Wildman–Crippen LogP) is 3.66. The van der Waals surface area contributed by atoms with Crippen LogP contribution in [0.2, 0.25) is 0 Å². The SMILES string of the molecule is COc1ccc2oc(CNCC3CC(=O)Nc4ccccc43)cc2c1. The molecule has 1 unspecified atom stereocenters. The van der Waals surface area contributed by atoms with Crippen molar-refractivity contribution in [2.24, 2.45) is 0 Å². The Hall–Kier alpha value is -2.79. The second-order valence-electron chi connectivity index (χ2n) is 6.28. The molecule has 0 saturated carbocycles. The monoisotopic (exact) mass is 336 g/mol. The van der Waals surface area contributed by atoms with Gasteiger partial charge in [0.15, 0.2) is 0 Å². The van der Waals surface area contributed by atoms with E-state index < -0.39 is 0 Å². The summed E-state index contributed by atoms with van der Waals surface area (Å²) in [5, 5.41) is 7.37. The molecule has 0 bridgehead atoms. The first-order valence-corrected chi connectivity index (χ1v) is 8.39. The molecule has 5 nitrogen and oxygen atoms in total. The molecule has 3 aromatic rings. The van der Waals surface area contributed by atoms with Gasteiger partial charge in [-0.05, 0) is 35.9 Å². The van der Waals surface area contributed by atoms with Crippen LogP contribution < -0.4 is 15.4 Å². The largest absolute Gasteiger partial charge is 0.497 e. The minimum absolute atomic E-state index is 0.0707. The zero-order valence-corrected chi connectivity index (χ0v) is 14.0. The minimum atomic E-state index is 0.0707. The first-order valence-electron chi connectivity index (χ1n) is 8.39. The number of furan rings is 1. The quantitative estimate of drug-likeness (QED) is 0.746. The average molecular weight is 336 g/mol. The highest BCUT2D eigenvalue weighted by Crippen LogP contribution is 2.31. The summed E-state index contributed by atoms with van der Waals surface area (Å²) in [6, 6.07) is 15.8. The fourth-order valence-corrected chi connectivity index (χ4v) is 3.34. The molecule has 2 N–H and O–H groups in total. The molecule has 5 heteroatoms. The number of rotatable bonds is 5. The van der Waals surface area contributed by atoms with Gasteiger partial charge in [-0.1, -0.05) is 18.2 Å². The van der Waals surface area contributed by atoms with Gasteiger partial charge in [0.25, 0.3) is 0 Å². The van der Waals surface area contributed by atoms with Gasteiger partial charge in [-0.15, -0.1) is 0 Å². The summed E-state index contributed by atoms with van der Waals surface area (Å²) in [5.74, 6) is 1.94. The van der Waals surface area contributed by atoms with Crippen molar-refractivity contribution in [2.75, 3.05) is 19.0 Å². The molecule has 1 aliphatic rings. The average Bonchev–Trinajstić information content (AvgIpc) is 3.03. The number of methoxy groups -OCH3 is 1. The van der Waals surface area contributed by atoms with E-state index in [-0.39, 0.29) is 11.8 Å². The van der Waals surface area contributed by atoms with Gasteiger partial charge in [-0.3, -0.25) is 4.79 Å². The normalized spacial score (nSPS) is 16.5. The lowest BCUT2D eigenvalue weighted by molar-refractivity contribution is -0.116. The number of amides is 1. The predicted molar refractivity (Wildman–Crippen MR) is 96.9 cm³/mol. The lowest BCUT2D eigenvalue weighted by Gasteiger charge is -2.25. The van der Waals surface area contributed by atoms with Crippen molar-refractivity contribution >= 4 is 22.6 Å². The number of hydrogen-bond donors (Lipinski definition) is 2. The molecule has 0 aliphatic carbocycles. The molecule has 1 aromatic heterocycles. The molecule has 0 radical (unpaired) electrons. The van der Waals surface area contributed by atoms with E-state index >= 15 is 0 Å². The Morgan fingerprint density at radius 1 is 1.24 bits per heavy atom. The van der Waals surface area contributed by atoms with Gasteiger partial charge in [0, 0.05) is 30.0 Å². The molecule has 4 rings (SSSR count). The van der Waals surface area contributed by atoms with Crippen LogP contribution in [0.3, 0.4) is 0 Å². The lowest BCUT2D eigenvalue weighted by atomic mass is 9.90. The van der Waals surface area contributed by atoms with Gasteiger partial charge in [0.05, 0.1) is 13.7 Å². The maximum Gasteiger partial charge on any atom is 0.225 e. The third kappa shape index (κ3) is 3.23. The van der Waals surface area contributed by atoms with Crippen LogP contribution in [0.25, 0.3) is 11.0 Å². The Balaban J connectivity index is 1.43. The molecule has 0 fully saturated rings. The Morgan fingerprint density at radius 2 is 2.12 bits per heavy atom. The Bertz CT molecular complexity index is 916. The fraction of sp³-hybridized carbons (Fsp3) is 0.250. The first kappa shape index (κ1) is 15.7. The standard InChI is InChI=1S/C20H20N2O3/c1-24-15-6-7-19-13(8-15)9-16(25-19)12-21-11-14-10-20(23)22-18-5-3-2-4-17(14)18/h2-9,14,21H,10-12H2,1H3,(H,22,23). The maximum atomic E-state index is 11.9. The second kappa shape index (κ2) is 6.61. The van der Waals surface area contributed by atoms with E-state index in [0.717, 1.165) is 34.7 Å². The Morgan fingerprint density at radius 3 is 3.00 bits per heavy atom. The van der Waals surface area contributed by atoms with Crippen molar-refractivity contribution in [3.8, 4) is 5.75 Å². The topological polar surface area (TPSA) is 63.5 Å². The molecule has 2 heterocycles. The van der Waals surface area contributed by atoms with Crippen LogP contribution in [0.1, 0.15) is 23.7 Å². The van der Waals surface area contributed by atoms with E-state index in [0.29, 0.717) is 13.0 Å². The van der Waals surface area contributed by atoms with Gasteiger partial charge in [0.2, 0.25) is 5.91 Å². The zero-order valence-electron chi connectivity index (χ0n) is 14.0.